The highest BCUT2D eigenvalue weighted by Gasteiger charge is 2.21. The van der Waals surface area contributed by atoms with Gasteiger partial charge in [0.1, 0.15) is 11.2 Å². The second kappa shape index (κ2) is 9.75. The van der Waals surface area contributed by atoms with Crippen LogP contribution in [0.15, 0.2) is 150 Å². The van der Waals surface area contributed by atoms with Crippen LogP contribution in [0.2, 0.25) is 0 Å². The second-order valence-corrected chi connectivity index (χ2v) is 10.1. The third-order valence-corrected chi connectivity index (χ3v) is 7.62. The Labute approximate surface area is 266 Å². The molecule has 0 saturated carbocycles. The molecule has 0 bridgehead atoms. The fourth-order valence-electron chi connectivity index (χ4n) is 5.77. The number of hydrogen-bond donors (Lipinski definition) is 0. The van der Waals surface area contributed by atoms with Gasteiger partial charge < -0.3 is 8.98 Å². The predicted octanol–water partition coefficient (Wildman–Crippen LogP) is 9.87. The Morgan fingerprint density at radius 2 is 1.00 bits per heavy atom. The Bertz CT molecular complexity index is 2880. The monoisotopic (exact) mass is 574 g/mol. The van der Waals surface area contributed by atoms with E-state index in [1.165, 1.54) is 0 Å². The summed E-state index contributed by atoms with van der Waals surface area (Å²) < 4.78 is 92.9. The van der Waals surface area contributed by atoms with Crippen molar-refractivity contribution >= 4 is 43.7 Å². The highest BCUT2D eigenvalue weighted by Crippen LogP contribution is 2.40. The van der Waals surface area contributed by atoms with Crippen LogP contribution in [0.25, 0.3) is 83.6 Å². The first-order chi connectivity index (χ1) is 26.0. The number of furan rings is 1. The van der Waals surface area contributed by atoms with Crippen LogP contribution in [0.1, 0.15) is 13.7 Å². The molecular weight excluding hydrogens is 540 g/mol. The standard InChI is InChI=1S/C39H24N4O/c1-3-13-25(14-4-1)37-40-38(26-15-5-2-6-16-26)42-39(41-37)27-23-33(36-30-19-9-12-22-34(30)44-35(36)24-27)43-31-20-10-7-17-28(31)29-18-8-11-21-32(29)43/h1-24H/i1D,2D,3D,4D,5D,6D,13D,14D,15D,16D. The molecule has 0 atom stereocenters. The van der Waals surface area contributed by atoms with Crippen molar-refractivity contribution in [3.05, 3.63) is 145 Å². The zero-order chi connectivity index (χ0) is 37.7. The molecule has 0 N–H and O–H groups in total. The number of para-hydroxylation sites is 3. The van der Waals surface area contributed by atoms with Crippen molar-refractivity contribution in [1.82, 2.24) is 19.5 Å². The van der Waals surface area contributed by atoms with Gasteiger partial charge in [-0.25, -0.2) is 15.0 Å². The Hall–Kier alpha value is -6.07. The zero-order valence-electron chi connectivity index (χ0n) is 32.8. The number of fused-ring (bicyclic) bond motifs is 6. The molecule has 0 unspecified atom stereocenters. The van der Waals surface area contributed by atoms with Crippen molar-refractivity contribution in [2.45, 2.75) is 0 Å². The third-order valence-electron chi connectivity index (χ3n) is 7.62. The molecule has 0 saturated heterocycles. The van der Waals surface area contributed by atoms with E-state index in [0.717, 1.165) is 32.6 Å². The average Bonchev–Trinajstić information content (AvgIpc) is 3.73. The number of rotatable bonds is 4. The minimum Gasteiger partial charge on any atom is -0.456 e. The van der Waals surface area contributed by atoms with Crippen LogP contribution in [-0.2, 0) is 0 Å². The van der Waals surface area contributed by atoms with Crippen LogP contribution in [-0.4, -0.2) is 19.5 Å². The van der Waals surface area contributed by atoms with Gasteiger partial charge in [-0.1, -0.05) is 115 Å². The molecule has 6 aromatic carbocycles. The van der Waals surface area contributed by atoms with E-state index in [4.69, 9.17) is 18.1 Å². The lowest BCUT2D eigenvalue weighted by molar-refractivity contribution is 0.669. The van der Waals surface area contributed by atoms with Crippen molar-refractivity contribution in [3.63, 3.8) is 0 Å². The molecule has 0 radical (unpaired) electrons. The Morgan fingerprint density at radius 1 is 0.500 bits per heavy atom. The Morgan fingerprint density at radius 3 is 1.59 bits per heavy atom. The maximum absolute atomic E-state index is 8.71. The second-order valence-electron chi connectivity index (χ2n) is 10.1. The number of aromatic nitrogens is 4. The fourth-order valence-corrected chi connectivity index (χ4v) is 5.77. The maximum Gasteiger partial charge on any atom is 0.164 e. The topological polar surface area (TPSA) is 56.7 Å². The molecule has 3 heterocycles. The van der Waals surface area contributed by atoms with Crippen molar-refractivity contribution in [3.8, 4) is 39.9 Å². The summed E-state index contributed by atoms with van der Waals surface area (Å²) in [5.41, 5.74) is 3.32. The van der Waals surface area contributed by atoms with E-state index in [9.17, 15) is 0 Å². The average molecular weight is 575 g/mol. The summed E-state index contributed by atoms with van der Waals surface area (Å²) in [4.78, 5) is 13.8. The fraction of sp³-hybridized carbons (Fsp3) is 0. The predicted molar refractivity (Wildman–Crippen MR) is 178 cm³/mol. The van der Waals surface area contributed by atoms with E-state index in [1.807, 2.05) is 78.9 Å². The van der Waals surface area contributed by atoms with Crippen LogP contribution in [0.4, 0.5) is 0 Å². The Balaban J connectivity index is 1.42. The molecular formula is C39H24N4O. The highest BCUT2D eigenvalue weighted by atomic mass is 16.3. The molecule has 5 nitrogen and oxygen atoms in total. The summed E-state index contributed by atoms with van der Waals surface area (Å²) >= 11 is 0. The van der Waals surface area contributed by atoms with Crippen LogP contribution in [0.5, 0.6) is 0 Å². The lowest BCUT2D eigenvalue weighted by Gasteiger charge is -2.13. The molecule has 0 aliphatic heterocycles. The summed E-state index contributed by atoms with van der Waals surface area (Å²) in [7, 11) is 0. The van der Waals surface area contributed by atoms with Gasteiger partial charge in [0, 0.05) is 32.8 Å². The largest absolute Gasteiger partial charge is 0.456 e. The molecule has 206 valence electrons. The number of hydrogen-bond acceptors (Lipinski definition) is 4. The van der Waals surface area contributed by atoms with Crippen LogP contribution in [0, 0.1) is 0 Å². The summed E-state index contributed by atoms with van der Waals surface area (Å²) in [6, 6.07) is 21.2. The third kappa shape index (κ3) is 3.83. The van der Waals surface area contributed by atoms with Gasteiger partial charge in [0.15, 0.2) is 17.5 Å². The maximum atomic E-state index is 8.71. The first-order valence-corrected chi connectivity index (χ1v) is 13.8. The number of benzene rings is 6. The van der Waals surface area contributed by atoms with E-state index in [0.29, 0.717) is 22.4 Å². The minimum absolute atomic E-state index is 0.0574. The molecule has 0 fully saturated rings. The molecule has 0 amide bonds. The van der Waals surface area contributed by atoms with Gasteiger partial charge >= 0.3 is 0 Å². The zero-order valence-corrected chi connectivity index (χ0v) is 22.8. The van der Waals surface area contributed by atoms with Gasteiger partial charge in [0.25, 0.3) is 0 Å². The van der Waals surface area contributed by atoms with Crippen molar-refractivity contribution in [1.29, 1.82) is 0 Å². The van der Waals surface area contributed by atoms with Gasteiger partial charge in [0.2, 0.25) is 0 Å². The van der Waals surface area contributed by atoms with Gasteiger partial charge in [-0.3, -0.25) is 0 Å². The van der Waals surface area contributed by atoms with Gasteiger partial charge in [-0.15, -0.1) is 0 Å². The summed E-state index contributed by atoms with van der Waals surface area (Å²) in [6.45, 7) is 0. The van der Waals surface area contributed by atoms with E-state index >= 15 is 0 Å². The smallest absolute Gasteiger partial charge is 0.164 e. The summed E-state index contributed by atoms with van der Waals surface area (Å²) in [6.07, 6.45) is 0. The first-order valence-electron chi connectivity index (χ1n) is 18.8. The van der Waals surface area contributed by atoms with Crippen LogP contribution >= 0.6 is 0 Å². The van der Waals surface area contributed by atoms with Crippen molar-refractivity contribution in [2.24, 2.45) is 0 Å². The van der Waals surface area contributed by atoms with Crippen LogP contribution in [0.3, 0.4) is 0 Å². The first kappa shape index (κ1) is 16.5. The van der Waals surface area contributed by atoms with E-state index in [2.05, 4.69) is 19.5 Å². The van der Waals surface area contributed by atoms with Gasteiger partial charge in [0.05, 0.1) is 35.8 Å². The van der Waals surface area contributed by atoms with Gasteiger partial charge in [-0.05, 0) is 30.3 Å². The van der Waals surface area contributed by atoms with Gasteiger partial charge in [-0.2, -0.15) is 0 Å². The molecule has 3 aromatic heterocycles. The lowest BCUT2D eigenvalue weighted by atomic mass is 10.1. The van der Waals surface area contributed by atoms with Crippen molar-refractivity contribution < 1.29 is 18.1 Å². The molecule has 44 heavy (non-hydrogen) atoms. The Kier molecular flexibility index (Phi) is 3.66. The molecule has 9 aromatic rings. The van der Waals surface area contributed by atoms with Crippen LogP contribution < -0.4 is 0 Å². The van der Waals surface area contributed by atoms with E-state index in [-0.39, 0.29) is 28.6 Å². The minimum atomic E-state index is -0.616. The molecule has 5 heteroatoms. The SMILES string of the molecule is [2H]c1c([2H])c([2H])c(-c2nc(-c3cc(-n4c5ccccc5c5ccccc54)c4c(c3)oc3ccccc34)nc(-c3c([2H])c([2H])c([2H])c([2H])c3[2H])n2)c([2H])c1[2H]. The number of nitrogens with zero attached hydrogens (tertiary/aromatic N) is 4. The summed E-state index contributed by atoms with van der Waals surface area (Å²) in [5.74, 6) is -0.748. The molecule has 0 aliphatic carbocycles. The molecule has 9 rings (SSSR count). The normalized spacial score (nSPS) is 14.8. The van der Waals surface area contributed by atoms with E-state index in [1.54, 1.807) is 6.07 Å². The molecule has 0 aliphatic rings. The lowest BCUT2D eigenvalue weighted by Crippen LogP contribution is -2.01. The quantitative estimate of drug-likeness (QED) is 0.210. The molecule has 0 spiro atoms. The van der Waals surface area contributed by atoms with Crippen molar-refractivity contribution in [2.75, 3.05) is 0 Å². The summed E-state index contributed by atoms with van der Waals surface area (Å²) in [5, 5.41) is 3.69. The highest BCUT2D eigenvalue weighted by molar-refractivity contribution is 6.15. The van der Waals surface area contributed by atoms with E-state index < -0.39 is 60.4 Å².